The molecule has 0 saturated heterocycles. The molecule has 0 bridgehead atoms. The lowest BCUT2D eigenvalue weighted by molar-refractivity contribution is -0.131. The van der Waals surface area contributed by atoms with E-state index in [4.69, 9.17) is 5.11 Å². The van der Waals surface area contributed by atoms with Crippen molar-refractivity contribution >= 4 is 27.7 Å². The van der Waals surface area contributed by atoms with E-state index in [1.54, 1.807) is 0 Å². The average Bonchev–Trinajstić information content (AvgIpc) is 2.14. The predicted octanol–water partition coefficient (Wildman–Crippen LogP) is 1.81. The van der Waals surface area contributed by atoms with Crippen molar-refractivity contribution in [3.63, 3.8) is 0 Å². The Morgan fingerprint density at radius 1 is 1.47 bits per heavy atom. The fourth-order valence-corrected chi connectivity index (χ4v) is 1.34. The lowest BCUT2D eigenvalue weighted by Gasteiger charge is -1.99. The minimum atomic E-state index is -1.27. The largest absolute Gasteiger partial charge is 0.478 e. The maximum Gasteiger partial charge on any atom is 0.328 e. The number of carboxylic acids is 1. The molecule has 1 rings (SSSR count). The molecule has 0 amide bonds. The lowest BCUT2D eigenvalue weighted by atomic mass is 10.2. The Bertz CT molecular complexity index is 425. The van der Waals surface area contributed by atoms with Crippen LogP contribution in [0.25, 0.3) is 0 Å². The first-order valence-corrected chi connectivity index (χ1v) is 4.57. The first-order chi connectivity index (χ1) is 7.02. The fourth-order valence-electron chi connectivity index (χ4n) is 0.864. The van der Waals surface area contributed by atoms with Crippen molar-refractivity contribution in [3.8, 4) is 0 Å². The Morgan fingerprint density at radius 3 is 2.67 bits per heavy atom. The number of halogens is 2. The van der Waals surface area contributed by atoms with Crippen LogP contribution in [0.5, 0.6) is 0 Å². The summed E-state index contributed by atoms with van der Waals surface area (Å²) in [6, 6.07) is 1.39. The van der Waals surface area contributed by atoms with Gasteiger partial charge in [-0.15, -0.1) is 0 Å². The molecule has 1 N–H and O–H groups in total. The second kappa shape index (κ2) is 4.79. The van der Waals surface area contributed by atoms with E-state index in [0.717, 1.165) is 6.08 Å². The van der Waals surface area contributed by atoms with Gasteiger partial charge in [-0.25, -0.2) is 9.78 Å². The van der Waals surface area contributed by atoms with E-state index in [2.05, 4.69) is 20.9 Å². The number of carboxylic acid groups (broad SMARTS) is 1. The summed E-state index contributed by atoms with van der Waals surface area (Å²) >= 11 is 2.97. The molecule has 4 nitrogen and oxygen atoms in total. The van der Waals surface area contributed by atoms with Gasteiger partial charge in [0.25, 0.3) is 0 Å². The lowest BCUT2D eigenvalue weighted by Crippen LogP contribution is -2.03. The van der Waals surface area contributed by atoms with Crippen LogP contribution < -0.4 is 0 Å². The second-order valence-corrected chi connectivity index (χ2v) is 3.35. The highest BCUT2D eigenvalue weighted by Crippen LogP contribution is 2.18. The van der Waals surface area contributed by atoms with E-state index in [0.29, 0.717) is 6.08 Å². The van der Waals surface area contributed by atoms with Crippen molar-refractivity contribution in [2.45, 2.75) is 0 Å². The summed E-state index contributed by atoms with van der Waals surface area (Å²) in [4.78, 5) is 24.8. The predicted molar refractivity (Wildman–Crippen MR) is 53.0 cm³/mol. The van der Waals surface area contributed by atoms with E-state index in [1.165, 1.54) is 12.3 Å². The molecule has 1 aromatic rings. The van der Waals surface area contributed by atoms with Gasteiger partial charge in [0.1, 0.15) is 0 Å². The minimum Gasteiger partial charge on any atom is -0.478 e. The minimum absolute atomic E-state index is 0.232. The van der Waals surface area contributed by atoms with Crippen LogP contribution in [0.3, 0.4) is 0 Å². The van der Waals surface area contributed by atoms with Crippen molar-refractivity contribution in [1.82, 2.24) is 4.98 Å². The zero-order chi connectivity index (χ0) is 11.4. The molecule has 78 valence electrons. The number of hydrogen-bond acceptors (Lipinski definition) is 3. The van der Waals surface area contributed by atoms with Crippen LogP contribution in [0.15, 0.2) is 28.9 Å². The monoisotopic (exact) mass is 273 g/mol. The van der Waals surface area contributed by atoms with Gasteiger partial charge in [0.15, 0.2) is 5.78 Å². The van der Waals surface area contributed by atoms with Gasteiger partial charge in [0, 0.05) is 16.7 Å². The Balaban J connectivity index is 3.06. The highest BCUT2D eigenvalue weighted by atomic mass is 79.9. The normalized spacial score (nSPS) is 10.5. The molecule has 0 saturated carbocycles. The topological polar surface area (TPSA) is 67.3 Å². The molecule has 0 fully saturated rings. The number of carbonyl (C=O) groups excluding carboxylic acids is 1. The van der Waals surface area contributed by atoms with Crippen molar-refractivity contribution in [2.75, 3.05) is 0 Å². The summed E-state index contributed by atoms with van der Waals surface area (Å²) in [5, 5.41) is 8.29. The van der Waals surface area contributed by atoms with Crippen LogP contribution >= 0.6 is 15.9 Å². The van der Waals surface area contributed by atoms with Crippen LogP contribution in [0, 0.1) is 5.95 Å². The number of aliphatic carboxylic acids is 1. The molecule has 6 heteroatoms. The number of pyridine rings is 1. The number of aromatic nitrogens is 1. The van der Waals surface area contributed by atoms with Crippen molar-refractivity contribution in [1.29, 1.82) is 0 Å². The molecule has 15 heavy (non-hydrogen) atoms. The zero-order valence-corrected chi connectivity index (χ0v) is 8.86. The van der Waals surface area contributed by atoms with Gasteiger partial charge in [0.05, 0.1) is 5.56 Å². The quantitative estimate of drug-likeness (QED) is 0.518. The van der Waals surface area contributed by atoms with Crippen LogP contribution in [0.4, 0.5) is 4.39 Å². The molecule has 0 atom stereocenters. The molecule has 0 radical (unpaired) electrons. The van der Waals surface area contributed by atoms with Crippen LogP contribution in [0.2, 0.25) is 0 Å². The van der Waals surface area contributed by atoms with Gasteiger partial charge >= 0.3 is 5.97 Å². The summed E-state index contributed by atoms with van der Waals surface area (Å²) in [7, 11) is 0. The number of carbonyl (C=O) groups is 2. The maximum absolute atomic E-state index is 13.1. The van der Waals surface area contributed by atoms with Gasteiger partial charge in [0.2, 0.25) is 5.95 Å². The van der Waals surface area contributed by atoms with E-state index >= 15 is 0 Å². The smallest absolute Gasteiger partial charge is 0.328 e. The van der Waals surface area contributed by atoms with Gasteiger partial charge < -0.3 is 5.11 Å². The summed E-state index contributed by atoms with van der Waals surface area (Å²) in [6.07, 6.45) is 2.60. The molecular formula is C9H5BrFNO3. The Morgan fingerprint density at radius 2 is 2.13 bits per heavy atom. The fraction of sp³-hybridized carbons (Fsp3) is 0. The molecule has 1 aromatic heterocycles. The summed E-state index contributed by atoms with van der Waals surface area (Å²) in [5.41, 5.74) is -0.282. The molecule has 0 aliphatic carbocycles. The molecule has 0 unspecified atom stereocenters. The maximum atomic E-state index is 13.1. The van der Waals surface area contributed by atoms with Gasteiger partial charge in [-0.1, -0.05) is 0 Å². The molecule has 1 heterocycles. The van der Waals surface area contributed by atoms with Crippen LogP contribution in [0.1, 0.15) is 10.4 Å². The molecule has 0 aliphatic rings. The Kier molecular flexibility index (Phi) is 3.68. The zero-order valence-electron chi connectivity index (χ0n) is 7.28. The Hall–Kier alpha value is -1.56. The van der Waals surface area contributed by atoms with Gasteiger partial charge in [-0.3, -0.25) is 4.79 Å². The Labute approximate surface area is 92.6 Å². The number of nitrogens with zero attached hydrogens (tertiary/aromatic N) is 1. The van der Waals surface area contributed by atoms with Crippen molar-refractivity contribution in [2.24, 2.45) is 0 Å². The second-order valence-electron chi connectivity index (χ2n) is 2.49. The summed E-state index contributed by atoms with van der Waals surface area (Å²) in [5.74, 6) is -2.97. The van der Waals surface area contributed by atoms with E-state index in [-0.39, 0.29) is 10.0 Å². The third kappa shape index (κ3) is 2.95. The first-order valence-electron chi connectivity index (χ1n) is 3.77. The molecular weight excluding hydrogens is 269 g/mol. The molecule has 0 aromatic carbocycles. The summed E-state index contributed by atoms with van der Waals surface area (Å²) < 4.78 is 13.3. The van der Waals surface area contributed by atoms with Gasteiger partial charge in [-0.05, 0) is 28.1 Å². The number of allylic oxidation sites excluding steroid dienone is 1. The van der Waals surface area contributed by atoms with E-state index in [9.17, 15) is 14.0 Å². The highest BCUT2D eigenvalue weighted by molar-refractivity contribution is 9.10. The van der Waals surface area contributed by atoms with E-state index < -0.39 is 17.7 Å². The van der Waals surface area contributed by atoms with Crippen LogP contribution in [-0.4, -0.2) is 21.8 Å². The van der Waals surface area contributed by atoms with Crippen molar-refractivity contribution < 1.29 is 19.1 Å². The standard InChI is InChI=1S/C9H5BrFNO3/c10-5-3-4-12-9(11)8(5)6(13)1-2-7(14)15/h1-4H,(H,14,15). The SMILES string of the molecule is O=C(O)C=CC(=O)c1c(Br)ccnc1F. The first kappa shape index (κ1) is 11.5. The van der Waals surface area contributed by atoms with Crippen LogP contribution in [-0.2, 0) is 4.79 Å². The number of rotatable bonds is 3. The molecule has 0 spiro atoms. The third-order valence-electron chi connectivity index (χ3n) is 1.48. The highest BCUT2D eigenvalue weighted by Gasteiger charge is 2.14. The number of ketones is 1. The number of hydrogen-bond donors (Lipinski definition) is 1. The molecule has 0 aliphatic heterocycles. The van der Waals surface area contributed by atoms with E-state index in [1.807, 2.05) is 0 Å². The van der Waals surface area contributed by atoms with Gasteiger partial charge in [-0.2, -0.15) is 4.39 Å². The average molecular weight is 274 g/mol. The summed E-state index contributed by atoms with van der Waals surface area (Å²) in [6.45, 7) is 0. The third-order valence-corrected chi connectivity index (χ3v) is 2.14. The van der Waals surface area contributed by atoms with Crippen molar-refractivity contribution in [3.05, 3.63) is 40.4 Å².